The van der Waals surface area contributed by atoms with Gasteiger partial charge < -0.3 is 14.7 Å². The van der Waals surface area contributed by atoms with Crippen LogP contribution in [0.5, 0.6) is 0 Å². The molecule has 2 saturated heterocycles. The topological polar surface area (TPSA) is 52.6 Å². The van der Waals surface area contributed by atoms with Gasteiger partial charge in [-0.15, -0.1) is 0 Å². The minimum Gasteiger partial charge on any atom is -0.354 e. The van der Waals surface area contributed by atoms with Crippen molar-refractivity contribution >= 4 is 11.7 Å². The number of amides is 1. The van der Waals surface area contributed by atoms with E-state index < -0.39 is 0 Å². The molecule has 0 N–H and O–H groups in total. The Kier molecular flexibility index (Phi) is 5.30. The Morgan fingerprint density at radius 2 is 1.90 bits per heavy atom. The van der Waals surface area contributed by atoms with Gasteiger partial charge >= 0.3 is 0 Å². The van der Waals surface area contributed by atoms with Crippen LogP contribution in [0, 0.1) is 32.6 Å². The third kappa shape index (κ3) is 3.73. The fraction of sp³-hybridized carbons (Fsp3) is 0.522. The van der Waals surface area contributed by atoms with Crippen molar-refractivity contribution in [1.29, 1.82) is 0 Å². The minimum absolute atomic E-state index is 0.122. The molecule has 1 amide bonds. The maximum atomic E-state index is 13.1. The number of aryl methyl sites for hydroxylation is 3. The quantitative estimate of drug-likeness (QED) is 0.799. The van der Waals surface area contributed by atoms with Crippen LogP contribution in [0.15, 0.2) is 30.5 Å². The Labute approximate surface area is 173 Å². The molecule has 3 heterocycles. The van der Waals surface area contributed by atoms with E-state index in [1.165, 1.54) is 11.1 Å². The predicted octanol–water partition coefficient (Wildman–Crippen LogP) is 2.60. The van der Waals surface area contributed by atoms with Crippen LogP contribution in [0.4, 0.5) is 5.82 Å². The Morgan fingerprint density at radius 1 is 1.14 bits per heavy atom. The summed E-state index contributed by atoms with van der Waals surface area (Å²) in [5.74, 6) is 2.07. The van der Waals surface area contributed by atoms with Crippen molar-refractivity contribution in [3.63, 3.8) is 0 Å². The van der Waals surface area contributed by atoms with E-state index in [4.69, 9.17) is 4.98 Å². The van der Waals surface area contributed by atoms with E-state index in [9.17, 15) is 4.79 Å². The summed E-state index contributed by atoms with van der Waals surface area (Å²) in [6.45, 7) is 9.28. The molecule has 3 atom stereocenters. The Balaban J connectivity index is 1.66. The first kappa shape index (κ1) is 19.8. The zero-order valence-corrected chi connectivity index (χ0v) is 18.1. The van der Waals surface area contributed by atoms with Crippen LogP contribution in [0.2, 0.25) is 0 Å². The minimum atomic E-state index is 0.122. The van der Waals surface area contributed by atoms with Crippen molar-refractivity contribution in [2.45, 2.75) is 26.8 Å². The van der Waals surface area contributed by atoms with Gasteiger partial charge in [0, 0.05) is 37.7 Å². The van der Waals surface area contributed by atoms with Crippen LogP contribution in [0.3, 0.4) is 0 Å². The second kappa shape index (κ2) is 7.75. The molecule has 0 bridgehead atoms. The first-order chi connectivity index (χ1) is 13.8. The molecule has 0 spiro atoms. The summed E-state index contributed by atoms with van der Waals surface area (Å²) in [4.78, 5) is 28.8. The highest BCUT2D eigenvalue weighted by Crippen LogP contribution is 2.46. The Morgan fingerprint density at radius 3 is 2.62 bits per heavy atom. The van der Waals surface area contributed by atoms with E-state index in [0.717, 1.165) is 36.8 Å². The second-order valence-electron chi connectivity index (χ2n) is 8.83. The smallest absolute Gasteiger partial charge is 0.237 e. The molecule has 1 aromatic heterocycles. The highest BCUT2D eigenvalue weighted by atomic mass is 16.2. The van der Waals surface area contributed by atoms with Crippen molar-refractivity contribution in [2.75, 3.05) is 45.2 Å². The van der Waals surface area contributed by atoms with Crippen molar-refractivity contribution in [2.24, 2.45) is 11.8 Å². The van der Waals surface area contributed by atoms with Gasteiger partial charge in [0.15, 0.2) is 0 Å². The molecule has 0 saturated carbocycles. The van der Waals surface area contributed by atoms with Gasteiger partial charge in [-0.2, -0.15) is 0 Å². The molecule has 2 aliphatic heterocycles. The number of likely N-dealkylation sites (tertiary alicyclic amines) is 1. The molecule has 4 rings (SSSR count). The number of carbonyl (C=O) groups is 1. The van der Waals surface area contributed by atoms with E-state index in [2.05, 4.69) is 46.0 Å². The van der Waals surface area contributed by atoms with Crippen LogP contribution >= 0.6 is 0 Å². The highest BCUT2D eigenvalue weighted by Gasteiger charge is 2.49. The van der Waals surface area contributed by atoms with E-state index in [1.54, 1.807) is 0 Å². The molecule has 0 aliphatic carbocycles. The molecule has 2 fully saturated rings. The van der Waals surface area contributed by atoms with Gasteiger partial charge in [-0.05, 0) is 46.0 Å². The fourth-order valence-corrected chi connectivity index (χ4v) is 4.98. The molecule has 6 nitrogen and oxygen atoms in total. The fourth-order valence-electron chi connectivity index (χ4n) is 4.98. The summed E-state index contributed by atoms with van der Waals surface area (Å²) >= 11 is 0. The van der Waals surface area contributed by atoms with Gasteiger partial charge in [0.25, 0.3) is 0 Å². The lowest BCUT2D eigenvalue weighted by molar-refractivity contribution is -0.133. The number of likely N-dealkylation sites (N-methyl/N-ethyl adjacent to an activating group) is 1. The van der Waals surface area contributed by atoms with Gasteiger partial charge in [0.05, 0.1) is 24.0 Å². The summed E-state index contributed by atoms with van der Waals surface area (Å²) in [5.41, 5.74) is 4.45. The number of benzene rings is 1. The first-order valence-electron chi connectivity index (χ1n) is 10.4. The van der Waals surface area contributed by atoms with Crippen molar-refractivity contribution in [3.8, 4) is 0 Å². The van der Waals surface area contributed by atoms with E-state index in [1.807, 2.05) is 39.0 Å². The molecule has 2 aliphatic rings. The first-order valence-corrected chi connectivity index (χ1v) is 10.4. The van der Waals surface area contributed by atoms with Gasteiger partial charge in [-0.1, -0.05) is 24.3 Å². The zero-order valence-electron chi connectivity index (χ0n) is 18.1. The average Bonchev–Trinajstić information content (AvgIpc) is 3.22. The number of fused-ring (bicyclic) bond motifs is 1. The van der Waals surface area contributed by atoms with Crippen molar-refractivity contribution in [3.05, 3.63) is 53.0 Å². The number of aromatic nitrogens is 2. The van der Waals surface area contributed by atoms with Crippen LogP contribution in [-0.4, -0.2) is 65.9 Å². The number of nitrogens with zero attached hydrogens (tertiary/aromatic N) is 5. The largest absolute Gasteiger partial charge is 0.354 e. The van der Waals surface area contributed by atoms with Crippen molar-refractivity contribution in [1.82, 2.24) is 19.8 Å². The molecular formula is C23H31N5O. The average molecular weight is 394 g/mol. The summed E-state index contributed by atoms with van der Waals surface area (Å²) in [7, 11) is 3.91. The third-order valence-corrected chi connectivity index (χ3v) is 6.29. The normalized spacial score (nSPS) is 23.7. The molecule has 0 unspecified atom stereocenters. The van der Waals surface area contributed by atoms with Gasteiger partial charge in [-0.3, -0.25) is 9.78 Å². The lowest BCUT2D eigenvalue weighted by Crippen LogP contribution is -2.40. The van der Waals surface area contributed by atoms with Gasteiger partial charge in [-0.25, -0.2) is 4.98 Å². The molecule has 29 heavy (non-hydrogen) atoms. The summed E-state index contributed by atoms with van der Waals surface area (Å²) < 4.78 is 0. The number of anilines is 1. The van der Waals surface area contributed by atoms with Gasteiger partial charge in [0.1, 0.15) is 5.82 Å². The lowest BCUT2D eigenvalue weighted by Gasteiger charge is -2.32. The summed E-state index contributed by atoms with van der Waals surface area (Å²) in [6, 6.07) is 8.63. The maximum Gasteiger partial charge on any atom is 0.237 e. The second-order valence-corrected chi connectivity index (χ2v) is 8.83. The molecular weight excluding hydrogens is 362 g/mol. The van der Waals surface area contributed by atoms with E-state index >= 15 is 0 Å². The van der Waals surface area contributed by atoms with Crippen LogP contribution in [0.1, 0.15) is 28.6 Å². The Hall–Kier alpha value is -2.47. The maximum absolute atomic E-state index is 13.1. The van der Waals surface area contributed by atoms with Crippen molar-refractivity contribution < 1.29 is 4.79 Å². The molecule has 0 radical (unpaired) electrons. The predicted molar refractivity (Wildman–Crippen MR) is 115 cm³/mol. The lowest BCUT2D eigenvalue weighted by atomic mass is 9.87. The molecule has 154 valence electrons. The van der Waals surface area contributed by atoms with Gasteiger partial charge in [0.2, 0.25) is 5.91 Å². The van der Waals surface area contributed by atoms with E-state index in [0.29, 0.717) is 18.4 Å². The Bertz CT molecular complexity index is 912. The summed E-state index contributed by atoms with van der Waals surface area (Å²) in [5, 5.41) is 0. The third-order valence-electron chi connectivity index (χ3n) is 6.29. The molecule has 2 aromatic rings. The van der Waals surface area contributed by atoms with Crippen LogP contribution < -0.4 is 4.90 Å². The zero-order chi connectivity index (χ0) is 20.7. The standard InChI is InChI=1S/C23H31N5O/c1-15-8-6-7-9-19(15)22-20-13-27(23-17(3)24-10-16(2)25-23)11-18(20)12-28(22)21(29)14-26(4)5/h6-10,18,20,22H,11-14H2,1-5H3/t18-,20-,22+/m1/s1. The van der Waals surface area contributed by atoms with Crippen LogP contribution in [-0.2, 0) is 4.79 Å². The highest BCUT2D eigenvalue weighted by molar-refractivity contribution is 5.79. The number of hydrogen-bond acceptors (Lipinski definition) is 5. The number of hydrogen-bond donors (Lipinski definition) is 0. The molecule has 1 aromatic carbocycles. The van der Waals surface area contributed by atoms with E-state index in [-0.39, 0.29) is 11.9 Å². The van der Waals surface area contributed by atoms with Crippen LogP contribution in [0.25, 0.3) is 0 Å². The SMILES string of the molecule is Cc1cnc(C)c(N2C[C@@H]3CN(C(=O)CN(C)C)[C@@H](c4ccccc4C)[C@@H]3C2)n1. The monoisotopic (exact) mass is 393 g/mol. The molecule has 6 heteroatoms. The number of carbonyl (C=O) groups excluding carboxylic acids is 1. The number of rotatable bonds is 4. The summed E-state index contributed by atoms with van der Waals surface area (Å²) in [6.07, 6.45) is 1.83.